The van der Waals surface area contributed by atoms with Gasteiger partial charge in [0, 0.05) is 35.8 Å². The topological polar surface area (TPSA) is 60.2 Å². The van der Waals surface area contributed by atoms with E-state index in [1.54, 1.807) is 28.0 Å². The van der Waals surface area contributed by atoms with Crippen LogP contribution >= 0.6 is 12.4 Å². The monoisotopic (exact) mass is 402 g/mol. The fraction of sp³-hybridized carbons (Fsp3) is 0.250. The molecule has 0 unspecified atom stereocenters. The minimum atomic E-state index is -0.500. The maximum atomic E-state index is 14.2. The van der Waals surface area contributed by atoms with E-state index in [0.29, 0.717) is 17.9 Å². The third-order valence-corrected chi connectivity index (χ3v) is 4.76. The second kappa shape index (κ2) is 7.59. The van der Waals surface area contributed by atoms with E-state index in [0.717, 1.165) is 16.8 Å². The first-order valence-electron chi connectivity index (χ1n) is 8.65. The molecule has 8 heteroatoms. The summed E-state index contributed by atoms with van der Waals surface area (Å²) >= 11 is 0. The van der Waals surface area contributed by atoms with E-state index in [4.69, 9.17) is 4.74 Å². The number of aromatic nitrogens is 3. The molecule has 0 aliphatic carbocycles. The number of hydrogen-bond donors (Lipinski definition) is 0. The number of nitrogens with zero attached hydrogens (tertiary/aromatic N) is 4. The van der Waals surface area contributed by atoms with Crippen LogP contribution in [-0.4, -0.2) is 34.3 Å². The Balaban J connectivity index is 0.00000225. The van der Waals surface area contributed by atoms with Crippen LogP contribution in [0.25, 0.3) is 11.1 Å². The van der Waals surface area contributed by atoms with E-state index < -0.39 is 5.82 Å². The van der Waals surface area contributed by atoms with Crippen LogP contribution < -0.4 is 9.64 Å². The molecule has 0 saturated heterocycles. The molecule has 1 aliphatic rings. The second-order valence-corrected chi connectivity index (χ2v) is 6.62. The van der Waals surface area contributed by atoms with Crippen molar-refractivity contribution in [1.29, 1.82) is 0 Å². The summed E-state index contributed by atoms with van der Waals surface area (Å²) in [6.45, 7) is 4.29. The first-order valence-corrected chi connectivity index (χ1v) is 8.65. The van der Waals surface area contributed by atoms with Crippen LogP contribution in [0.2, 0.25) is 0 Å². The molecule has 1 atom stereocenters. The molecule has 0 bridgehead atoms. The summed E-state index contributed by atoms with van der Waals surface area (Å²) in [7, 11) is 1.41. The van der Waals surface area contributed by atoms with Crippen molar-refractivity contribution < 1.29 is 13.9 Å². The molecule has 6 nitrogen and oxygen atoms in total. The highest BCUT2D eigenvalue weighted by atomic mass is 35.5. The van der Waals surface area contributed by atoms with Crippen molar-refractivity contribution in [3.63, 3.8) is 0 Å². The van der Waals surface area contributed by atoms with Crippen LogP contribution in [0.3, 0.4) is 0 Å². The molecule has 0 spiro atoms. The highest BCUT2D eigenvalue weighted by molar-refractivity contribution is 6.09. The predicted octanol–water partition coefficient (Wildman–Crippen LogP) is 4.04. The lowest BCUT2D eigenvalue weighted by Gasteiger charge is -2.32. The number of carbonyl (C=O) groups excluding carboxylic acids is 1. The maximum absolute atomic E-state index is 14.2. The predicted molar refractivity (Wildman–Crippen MR) is 107 cm³/mol. The normalized spacial score (nSPS) is 15.8. The van der Waals surface area contributed by atoms with Gasteiger partial charge in [-0.05, 0) is 43.7 Å². The molecule has 3 aromatic rings. The van der Waals surface area contributed by atoms with Crippen molar-refractivity contribution >= 4 is 24.0 Å². The molecule has 0 saturated carbocycles. The third kappa shape index (κ3) is 3.22. The van der Waals surface area contributed by atoms with Crippen molar-refractivity contribution in [2.75, 3.05) is 18.6 Å². The minimum absolute atomic E-state index is 0. The standard InChI is InChI=1S/C20H19FN4O2.ClH/c1-12-8-14(6-7-22-12)16-10-23-25-13(2)11-24(20(26)19(16)25)15-4-5-18(27-3)17(21)9-15;/h4-10,13H,11H2,1-3H3;1H/t13-;/m0./s1. The quantitative estimate of drug-likeness (QED) is 0.663. The Morgan fingerprint density at radius 1 is 1.25 bits per heavy atom. The zero-order valence-corrected chi connectivity index (χ0v) is 16.5. The number of benzene rings is 1. The van der Waals surface area contributed by atoms with Crippen LogP contribution in [0, 0.1) is 12.7 Å². The molecule has 1 amide bonds. The zero-order chi connectivity index (χ0) is 19.1. The van der Waals surface area contributed by atoms with Gasteiger partial charge in [0.2, 0.25) is 0 Å². The molecule has 146 valence electrons. The SMILES string of the molecule is COc1ccc(N2C[C@H](C)n3ncc(-c4ccnc(C)c4)c3C2=O)cc1F.Cl. The molecule has 3 heterocycles. The molecule has 1 aliphatic heterocycles. The molecule has 28 heavy (non-hydrogen) atoms. The van der Waals surface area contributed by atoms with E-state index in [1.165, 1.54) is 19.2 Å². The lowest BCUT2D eigenvalue weighted by atomic mass is 10.0. The summed E-state index contributed by atoms with van der Waals surface area (Å²) in [5.41, 5.74) is 3.48. The van der Waals surface area contributed by atoms with Gasteiger partial charge in [-0.2, -0.15) is 5.10 Å². The molecule has 4 rings (SSSR count). The number of amides is 1. The number of methoxy groups -OCH3 is 1. The van der Waals surface area contributed by atoms with Crippen molar-refractivity contribution in [1.82, 2.24) is 14.8 Å². The summed E-state index contributed by atoms with van der Waals surface area (Å²) in [4.78, 5) is 19.1. The lowest BCUT2D eigenvalue weighted by Crippen LogP contribution is -2.42. The fourth-order valence-electron chi connectivity index (χ4n) is 3.43. The number of hydrogen-bond acceptors (Lipinski definition) is 4. The van der Waals surface area contributed by atoms with E-state index >= 15 is 0 Å². The Hall–Kier alpha value is -2.93. The summed E-state index contributed by atoms with van der Waals surface area (Å²) in [5, 5.41) is 4.42. The molecule has 0 N–H and O–H groups in total. The Bertz CT molecular complexity index is 1040. The van der Waals surface area contributed by atoms with Crippen LogP contribution in [0.1, 0.15) is 29.1 Å². The summed E-state index contributed by atoms with van der Waals surface area (Å²) in [5.74, 6) is -0.562. The first-order chi connectivity index (χ1) is 13.0. The molecule has 1 aromatic carbocycles. The molecule has 0 fully saturated rings. The lowest BCUT2D eigenvalue weighted by molar-refractivity contribution is 0.0954. The number of aryl methyl sites for hydroxylation is 1. The van der Waals surface area contributed by atoms with E-state index in [2.05, 4.69) is 10.1 Å². The number of rotatable bonds is 3. The fourth-order valence-corrected chi connectivity index (χ4v) is 3.43. The first kappa shape index (κ1) is 19.8. The number of carbonyl (C=O) groups is 1. The minimum Gasteiger partial charge on any atom is -0.494 e. The Labute approximate surface area is 168 Å². The van der Waals surface area contributed by atoms with Crippen molar-refractivity contribution in [3.8, 4) is 16.9 Å². The molecule has 2 aromatic heterocycles. The van der Waals surface area contributed by atoms with E-state index in [-0.39, 0.29) is 30.1 Å². The summed E-state index contributed by atoms with van der Waals surface area (Å²) in [6.07, 6.45) is 3.42. The Morgan fingerprint density at radius 2 is 2.04 bits per heavy atom. The zero-order valence-electron chi connectivity index (χ0n) is 15.7. The van der Waals surface area contributed by atoms with Crippen LogP contribution in [0.15, 0.2) is 42.7 Å². The van der Waals surface area contributed by atoms with Gasteiger partial charge in [-0.1, -0.05) is 0 Å². The van der Waals surface area contributed by atoms with E-state index in [1.807, 2.05) is 26.0 Å². The summed E-state index contributed by atoms with van der Waals surface area (Å²) in [6, 6.07) is 8.28. The molecular weight excluding hydrogens is 383 g/mol. The van der Waals surface area contributed by atoms with Crippen LogP contribution in [0.5, 0.6) is 5.75 Å². The van der Waals surface area contributed by atoms with Crippen LogP contribution in [-0.2, 0) is 0 Å². The third-order valence-electron chi connectivity index (χ3n) is 4.76. The van der Waals surface area contributed by atoms with Gasteiger partial charge in [-0.25, -0.2) is 4.39 Å². The van der Waals surface area contributed by atoms with Gasteiger partial charge in [0.05, 0.1) is 19.3 Å². The number of ether oxygens (including phenoxy) is 1. The maximum Gasteiger partial charge on any atom is 0.277 e. The number of fused-ring (bicyclic) bond motifs is 1. The van der Waals surface area contributed by atoms with Crippen LogP contribution in [0.4, 0.5) is 10.1 Å². The van der Waals surface area contributed by atoms with E-state index in [9.17, 15) is 9.18 Å². The van der Waals surface area contributed by atoms with Gasteiger partial charge in [0.15, 0.2) is 11.6 Å². The summed E-state index contributed by atoms with van der Waals surface area (Å²) < 4.78 is 20.9. The van der Waals surface area contributed by atoms with Crippen molar-refractivity contribution in [2.24, 2.45) is 0 Å². The second-order valence-electron chi connectivity index (χ2n) is 6.62. The number of anilines is 1. The van der Waals surface area contributed by atoms with Gasteiger partial charge in [0.1, 0.15) is 5.69 Å². The van der Waals surface area contributed by atoms with Crippen molar-refractivity contribution in [3.05, 3.63) is 59.9 Å². The Morgan fingerprint density at radius 3 is 2.71 bits per heavy atom. The van der Waals surface area contributed by atoms with Crippen molar-refractivity contribution in [2.45, 2.75) is 19.9 Å². The van der Waals surface area contributed by atoms with Gasteiger partial charge in [-0.15, -0.1) is 12.4 Å². The molecular formula is C20H20ClFN4O2. The molecule has 0 radical (unpaired) electrons. The van der Waals surface area contributed by atoms with Gasteiger partial charge < -0.3 is 9.64 Å². The van der Waals surface area contributed by atoms with Gasteiger partial charge >= 0.3 is 0 Å². The highest BCUT2D eigenvalue weighted by Crippen LogP contribution is 2.33. The average Bonchev–Trinajstić information content (AvgIpc) is 3.11. The highest BCUT2D eigenvalue weighted by Gasteiger charge is 2.34. The Kier molecular flexibility index (Phi) is 5.38. The largest absolute Gasteiger partial charge is 0.494 e. The number of halogens is 2. The average molecular weight is 403 g/mol. The van der Waals surface area contributed by atoms with Gasteiger partial charge in [-0.3, -0.25) is 14.5 Å². The van der Waals surface area contributed by atoms with Gasteiger partial charge in [0.25, 0.3) is 5.91 Å². The number of pyridine rings is 1. The smallest absolute Gasteiger partial charge is 0.277 e.